The largest absolute Gasteiger partial charge is 0.283 e. The summed E-state index contributed by atoms with van der Waals surface area (Å²) in [4.78, 5) is 19.6. The van der Waals surface area contributed by atoms with E-state index in [1.54, 1.807) is 0 Å². The Balaban J connectivity index is 1.71. The third-order valence-electron chi connectivity index (χ3n) is 5.07. The number of hydrogen-bond donors (Lipinski definition) is 0. The molecule has 0 spiro atoms. The Morgan fingerprint density at radius 3 is 2.41 bits per heavy atom. The van der Waals surface area contributed by atoms with Crippen molar-refractivity contribution >= 4 is 54.0 Å². The van der Waals surface area contributed by atoms with Crippen molar-refractivity contribution in [2.75, 3.05) is 10.7 Å². The highest BCUT2D eigenvalue weighted by Crippen LogP contribution is 2.32. The van der Waals surface area contributed by atoms with Crippen LogP contribution in [0.15, 0.2) is 77.7 Å². The Morgan fingerprint density at radius 1 is 1.00 bits per heavy atom. The number of sulfone groups is 1. The number of carbonyl (C=O) groups is 1. The van der Waals surface area contributed by atoms with E-state index in [-0.39, 0.29) is 11.4 Å². The topological polar surface area (TPSA) is 67.3 Å². The second kappa shape index (κ2) is 9.40. The minimum absolute atomic E-state index is 0.0625. The first-order valence-corrected chi connectivity index (χ1v) is 12.9. The van der Waals surface area contributed by atoms with E-state index in [2.05, 4.69) is 6.92 Å². The van der Waals surface area contributed by atoms with Crippen LogP contribution in [0.2, 0.25) is 5.02 Å². The molecule has 0 N–H and O–H groups in total. The zero-order chi connectivity index (χ0) is 22.7. The van der Waals surface area contributed by atoms with Crippen molar-refractivity contribution in [1.82, 2.24) is 4.98 Å². The van der Waals surface area contributed by atoms with Gasteiger partial charge in [0.15, 0.2) is 15.0 Å². The maximum Gasteiger partial charge on any atom is 0.244 e. The zero-order valence-electron chi connectivity index (χ0n) is 17.4. The van der Waals surface area contributed by atoms with Gasteiger partial charge in [-0.2, -0.15) is 0 Å². The van der Waals surface area contributed by atoms with E-state index in [4.69, 9.17) is 16.6 Å². The average Bonchev–Trinajstić information content (AvgIpc) is 3.22. The molecule has 8 heteroatoms. The monoisotopic (exact) mass is 484 g/mol. The minimum Gasteiger partial charge on any atom is -0.283 e. The fraction of sp³-hybridized carbons (Fsp3) is 0.167. The van der Waals surface area contributed by atoms with Crippen LogP contribution in [0.3, 0.4) is 0 Å². The maximum atomic E-state index is 13.3. The molecule has 4 rings (SSSR count). The number of hydrogen-bond acceptors (Lipinski definition) is 5. The van der Waals surface area contributed by atoms with E-state index < -0.39 is 21.5 Å². The van der Waals surface area contributed by atoms with Gasteiger partial charge in [0.25, 0.3) is 0 Å². The van der Waals surface area contributed by atoms with Gasteiger partial charge in [-0.05, 0) is 47.9 Å². The number of anilines is 1. The predicted molar refractivity (Wildman–Crippen MR) is 130 cm³/mol. The number of aromatic nitrogens is 1. The average molecular weight is 485 g/mol. The molecule has 0 bridgehead atoms. The number of nitrogens with zero attached hydrogens (tertiary/aromatic N) is 2. The van der Waals surface area contributed by atoms with E-state index in [1.807, 2.05) is 48.5 Å². The summed E-state index contributed by atoms with van der Waals surface area (Å²) in [7, 11) is -3.84. The number of carbonyl (C=O) groups excluding carboxylic acids is 1. The third kappa shape index (κ3) is 4.85. The molecule has 32 heavy (non-hydrogen) atoms. The third-order valence-corrected chi connectivity index (χ3v) is 7.99. The molecule has 1 amide bonds. The molecule has 164 valence electrons. The lowest BCUT2D eigenvalue weighted by atomic mass is 10.1. The number of amides is 1. The molecule has 4 aromatic rings. The van der Waals surface area contributed by atoms with Gasteiger partial charge in [-0.15, -0.1) is 0 Å². The lowest BCUT2D eigenvalue weighted by molar-refractivity contribution is -0.116. The molecule has 1 heterocycles. The predicted octanol–water partition coefficient (Wildman–Crippen LogP) is 5.52. The van der Waals surface area contributed by atoms with E-state index in [9.17, 15) is 13.2 Å². The molecule has 0 atom stereocenters. The number of para-hydroxylation sites is 1. The Hall–Kier alpha value is -2.74. The lowest BCUT2D eigenvalue weighted by Gasteiger charge is -2.20. The fourth-order valence-electron chi connectivity index (χ4n) is 3.39. The summed E-state index contributed by atoms with van der Waals surface area (Å²) in [5.74, 6) is -1.18. The first-order valence-electron chi connectivity index (χ1n) is 10.1. The van der Waals surface area contributed by atoms with Crippen molar-refractivity contribution in [3.05, 3.63) is 88.9 Å². The van der Waals surface area contributed by atoms with E-state index >= 15 is 0 Å². The van der Waals surface area contributed by atoms with Crippen molar-refractivity contribution in [3.8, 4) is 0 Å². The van der Waals surface area contributed by atoms with Gasteiger partial charge in [0.05, 0.1) is 21.7 Å². The zero-order valence-corrected chi connectivity index (χ0v) is 19.8. The highest BCUT2D eigenvalue weighted by atomic mass is 35.5. The molecule has 0 fully saturated rings. The Bertz CT molecular complexity index is 1350. The smallest absolute Gasteiger partial charge is 0.244 e. The van der Waals surface area contributed by atoms with Crippen molar-refractivity contribution in [1.29, 1.82) is 0 Å². The highest BCUT2D eigenvalue weighted by molar-refractivity contribution is 7.92. The Morgan fingerprint density at radius 2 is 1.72 bits per heavy atom. The summed E-state index contributed by atoms with van der Waals surface area (Å²) in [6.45, 7) is 2.29. The molecule has 5 nitrogen and oxygen atoms in total. The summed E-state index contributed by atoms with van der Waals surface area (Å²) >= 11 is 7.26. The lowest BCUT2D eigenvalue weighted by Crippen LogP contribution is -2.35. The van der Waals surface area contributed by atoms with E-state index in [0.29, 0.717) is 10.2 Å². The van der Waals surface area contributed by atoms with Gasteiger partial charge in [0.1, 0.15) is 5.75 Å². The van der Waals surface area contributed by atoms with Crippen molar-refractivity contribution in [2.45, 2.75) is 24.8 Å². The van der Waals surface area contributed by atoms with E-state index in [0.717, 1.165) is 27.8 Å². The van der Waals surface area contributed by atoms with Crippen molar-refractivity contribution in [2.24, 2.45) is 0 Å². The van der Waals surface area contributed by atoms with Crippen LogP contribution in [-0.2, 0) is 27.6 Å². The molecule has 0 radical (unpaired) electrons. The fourth-order valence-corrected chi connectivity index (χ4v) is 5.74. The molecule has 0 saturated heterocycles. The number of fused-ring (bicyclic) bond motifs is 1. The van der Waals surface area contributed by atoms with Crippen LogP contribution >= 0.6 is 22.9 Å². The van der Waals surface area contributed by atoms with Gasteiger partial charge >= 0.3 is 0 Å². The SMILES string of the molecule is CCc1cccc2sc(N(Cc3ccccc3)C(=O)CS(=O)(=O)c3ccc(Cl)cc3)nc12. The van der Waals surface area contributed by atoms with Crippen molar-refractivity contribution in [3.63, 3.8) is 0 Å². The van der Waals surface area contributed by atoms with Crippen LogP contribution in [0.1, 0.15) is 18.1 Å². The number of benzene rings is 3. The second-order valence-corrected chi connectivity index (χ2v) is 10.7. The first-order chi connectivity index (χ1) is 15.4. The molecule has 0 saturated carbocycles. The van der Waals surface area contributed by atoms with Crippen LogP contribution in [-0.4, -0.2) is 25.1 Å². The maximum absolute atomic E-state index is 13.3. The second-order valence-electron chi connectivity index (χ2n) is 7.29. The molecule has 1 aromatic heterocycles. The van der Waals surface area contributed by atoms with Gasteiger partial charge in [-0.1, -0.05) is 72.3 Å². The summed E-state index contributed by atoms with van der Waals surface area (Å²) in [6, 6.07) is 21.2. The normalized spacial score (nSPS) is 11.6. The molecule has 0 aliphatic rings. The van der Waals surface area contributed by atoms with Crippen LogP contribution in [0.25, 0.3) is 10.2 Å². The Labute approximate surface area is 196 Å². The van der Waals surface area contributed by atoms with Gasteiger partial charge in [-0.25, -0.2) is 13.4 Å². The Kier molecular flexibility index (Phi) is 6.60. The van der Waals surface area contributed by atoms with Crippen LogP contribution < -0.4 is 4.90 Å². The summed E-state index contributed by atoms with van der Waals surface area (Å²) < 4.78 is 26.8. The quantitative estimate of drug-likeness (QED) is 0.346. The van der Waals surface area contributed by atoms with Crippen molar-refractivity contribution < 1.29 is 13.2 Å². The summed E-state index contributed by atoms with van der Waals surface area (Å²) in [5.41, 5.74) is 2.83. The summed E-state index contributed by atoms with van der Waals surface area (Å²) in [6.07, 6.45) is 0.818. The number of aryl methyl sites for hydroxylation is 1. The van der Waals surface area contributed by atoms with Gasteiger partial charge in [0, 0.05) is 5.02 Å². The first kappa shape index (κ1) is 22.5. The molecule has 3 aromatic carbocycles. The van der Waals surface area contributed by atoms with Gasteiger partial charge in [-0.3, -0.25) is 9.69 Å². The number of rotatable bonds is 7. The molecular weight excluding hydrogens is 464 g/mol. The number of thiazole rings is 1. The highest BCUT2D eigenvalue weighted by Gasteiger charge is 2.27. The molecular formula is C24H21ClN2O3S2. The minimum atomic E-state index is -3.84. The summed E-state index contributed by atoms with van der Waals surface area (Å²) in [5, 5.41) is 0.920. The van der Waals surface area contributed by atoms with Gasteiger partial charge < -0.3 is 0 Å². The van der Waals surface area contributed by atoms with Crippen LogP contribution in [0, 0.1) is 0 Å². The van der Waals surface area contributed by atoms with E-state index in [1.165, 1.54) is 40.5 Å². The number of halogens is 1. The molecule has 0 aliphatic carbocycles. The standard InChI is InChI=1S/C24H21ClN2O3S2/c1-2-18-9-6-10-21-23(18)26-24(31-21)27(15-17-7-4-3-5-8-17)22(28)16-32(29,30)20-13-11-19(25)12-14-20/h3-14H,2,15-16H2,1H3. The molecule has 0 unspecified atom stereocenters. The van der Waals surface area contributed by atoms with Gasteiger partial charge in [0.2, 0.25) is 5.91 Å². The molecule has 0 aliphatic heterocycles. The van der Waals surface area contributed by atoms with Crippen LogP contribution in [0.5, 0.6) is 0 Å². The van der Waals surface area contributed by atoms with Crippen LogP contribution in [0.4, 0.5) is 5.13 Å².